The van der Waals surface area contributed by atoms with Gasteiger partial charge in [-0.3, -0.25) is 0 Å². The molecule has 7 rings (SSSR count). The maximum absolute atomic E-state index is 11.1. The van der Waals surface area contributed by atoms with Gasteiger partial charge in [0.1, 0.15) is 43.2 Å². The molecule has 4 atom stereocenters. The molecule has 8 nitrogen and oxygen atoms in total. The Labute approximate surface area is 309 Å². The Morgan fingerprint density at radius 3 is 1.75 bits per heavy atom. The zero-order valence-electron chi connectivity index (χ0n) is 28.8. The van der Waals surface area contributed by atoms with Crippen molar-refractivity contribution < 1.29 is 38.6 Å². The number of aliphatic hydroxyl groups is 2. The van der Waals surface area contributed by atoms with Crippen molar-refractivity contribution in [3.05, 3.63) is 166 Å². The fourth-order valence-electron chi connectivity index (χ4n) is 6.82. The molecule has 1 saturated heterocycles. The van der Waals surface area contributed by atoms with E-state index in [1.165, 1.54) is 0 Å². The third-order valence-corrected chi connectivity index (χ3v) is 9.95. The van der Waals surface area contributed by atoms with Gasteiger partial charge in [0.05, 0.1) is 33.0 Å². The lowest BCUT2D eigenvalue weighted by Crippen LogP contribution is -2.66. The molecule has 0 amide bonds. The van der Waals surface area contributed by atoms with Gasteiger partial charge in [0.25, 0.3) is 0 Å². The number of hydrogen-bond acceptors (Lipinski definition) is 8. The van der Waals surface area contributed by atoms with E-state index >= 15 is 0 Å². The molecule has 0 spiro atoms. The van der Waals surface area contributed by atoms with E-state index in [0.29, 0.717) is 30.4 Å². The van der Waals surface area contributed by atoms with Gasteiger partial charge in [-0.1, -0.05) is 121 Å². The standard InChI is InChI=1S/C43H43ClO8/c44-36-18-17-34(24-35(36)22-33-16-19-37-38(23-33)48-21-20-47-37)39-40(49-25-30-10-4-1-5-11-30)41(50-26-31-12-6-2-7-13-31)42(43(28-45,29-46)52-39)51-27-32-14-8-3-9-15-32/h1-19,23-24,39-42,45-46H,20-22,25-29H2. The van der Waals surface area contributed by atoms with Crippen LogP contribution < -0.4 is 9.47 Å². The lowest BCUT2D eigenvalue weighted by molar-refractivity contribution is -0.318. The Hall–Kier alpha value is -4.25. The number of ether oxygens (including phenoxy) is 6. The molecule has 0 bridgehead atoms. The highest BCUT2D eigenvalue weighted by atomic mass is 35.5. The van der Waals surface area contributed by atoms with Crippen molar-refractivity contribution >= 4 is 11.6 Å². The summed E-state index contributed by atoms with van der Waals surface area (Å²) in [7, 11) is 0. The minimum atomic E-state index is -1.54. The van der Waals surface area contributed by atoms with Gasteiger partial charge < -0.3 is 38.6 Å². The van der Waals surface area contributed by atoms with Gasteiger partial charge in [-0.15, -0.1) is 0 Å². The summed E-state index contributed by atoms with van der Waals surface area (Å²) in [6.45, 7) is 0.700. The summed E-state index contributed by atoms with van der Waals surface area (Å²) in [6, 6.07) is 41.2. The summed E-state index contributed by atoms with van der Waals surface area (Å²) >= 11 is 6.83. The molecule has 5 aromatic carbocycles. The Morgan fingerprint density at radius 1 is 0.596 bits per heavy atom. The van der Waals surface area contributed by atoms with Crippen LogP contribution in [0.5, 0.6) is 11.5 Å². The van der Waals surface area contributed by atoms with E-state index in [0.717, 1.165) is 39.1 Å². The summed E-state index contributed by atoms with van der Waals surface area (Å²) in [6.07, 6.45) is -2.67. The second-order valence-electron chi connectivity index (χ2n) is 13.2. The van der Waals surface area contributed by atoms with Crippen LogP contribution in [0.25, 0.3) is 0 Å². The predicted octanol–water partition coefficient (Wildman–Crippen LogP) is 7.25. The summed E-state index contributed by atoms with van der Waals surface area (Å²) in [5, 5.41) is 22.7. The highest BCUT2D eigenvalue weighted by Crippen LogP contribution is 2.44. The zero-order valence-corrected chi connectivity index (χ0v) is 29.6. The lowest BCUT2D eigenvalue weighted by atomic mass is 9.82. The summed E-state index contributed by atoms with van der Waals surface area (Å²) < 4.78 is 38.6. The van der Waals surface area contributed by atoms with Crippen LogP contribution in [-0.4, -0.2) is 60.6 Å². The first-order valence-electron chi connectivity index (χ1n) is 17.6. The normalized spacial score (nSPS) is 20.8. The largest absolute Gasteiger partial charge is 0.486 e. The number of fused-ring (bicyclic) bond motifs is 1. The molecule has 5 aromatic rings. The molecule has 270 valence electrons. The van der Waals surface area contributed by atoms with Crippen molar-refractivity contribution in [2.75, 3.05) is 26.4 Å². The molecule has 1 fully saturated rings. The molecular formula is C43H43ClO8. The lowest BCUT2D eigenvalue weighted by Gasteiger charge is -2.52. The summed E-state index contributed by atoms with van der Waals surface area (Å²) in [5.74, 6) is 1.43. The second kappa shape index (κ2) is 17.1. The van der Waals surface area contributed by atoms with E-state index in [-0.39, 0.29) is 19.8 Å². The fourth-order valence-corrected chi connectivity index (χ4v) is 7.01. The summed E-state index contributed by atoms with van der Waals surface area (Å²) in [4.78, 5) is 0. The molecular weight excluding hydrogens is 680 g/mol. The Bertz CT molecular complexity index is 1870. The minimum absolute atomic E-state index is 0.207. The Balaban J connectivity index is 1.27. The Kier molecular flexibility index (Phi) is 11.8. The number of aliphatic hydroxyl groups excluding tert-OH is 2. The van der Waals surface area contributed by atoms with Gasteiger partial charge in [0.2, 0.25) is 0 Å². The van der Waals surface area contributed by atoms with Crippen LogP contribution in [0.3, 0.4) is 0 Å². The minimum Gasteiger partial charge on any atom is -0.486 e. The van der Waals surface area contributed by atoms with Crippen LogP contribution in [0.1, 0.15) is 39.5 Å². The zero-order chi connectivity index (χ0) is 35.8. The van der Waals surface area contributed by atoms with Crippen molar-refractivity contribution in [2.45, 2.75) is 56.3 Å². The molecule has 0 radical (unpaired) electrons. The molecule has 2 aliphatic heterocycles. The number of hydrogen-bond donors (Lipinski definition) is 2. The third kappa shape index (κ3) is 8.35. The first kappa shape index (κ1) is 36.1. The number of rotatable bonds is 14. The van der Waals surface area contributed by atoms with E-state index in [4.69, 9.17) is 40.0 Å². The van der Waals surface area contributed by atoms with E-state index in [2.05, 4.69) is 0 Å². The van der Waals surface area contributed by atoms with Gasteiger partial charge >= 0.3 is 0 Å². The topological polar surface area (TPSA) is 95.8 Å². The van der Waals surface area contributed by atoms with E-state index < -0.39 is 43.2 Å². The van der Waals surface area contributed by atoms with Crippen molar-refractivity contribution in [2.24, 2.45) is 0 Å². The SMILES string of the molecule is OCC1(CO)OC(c2ccc(Cl)c(Cc3ccc4c(c3)OCCO4)c2)C(OCc2ccccc2)C(OCc2ccccc2)C1OCc1ccccc1. The average molecular weight is 723 g/mol. The molecule has 2 heterocycles. The van der Waals surface area contributed by atoms with Crippen molar-refractivity contribution in [3.8, 4) is 11.5 Å². The highest BCUT2D eigenvalue weighted by Gasteiger charge is 2.57. The van der Waals surface area contributed by atoms with Gasteiger partial charge in [0, 0.05) is 5.02 Å². The fraction of sp³-hybridized carbons (Fsp3) is 0.302. The van der Waals surface area contributed by atoms with Crippen LogP contribution in [0.4, 0.5) is 0 Å². The number of halogens is 1. The Morgan fingerprint density at radius 2 is 1.15 bits per heavy atom. The maximum atomic E-state index is 11.1. The molecule has 2 aliphatic rings. The van der Waals surface area contributed by atoms with Crippen LogP contribution in [0.2, 0.25) is 5.02 Å². The second-order valence-corrected chi connectivity index (χ2v) is 13.6. The summed E-state index contributed by atoms with van der Waals surface area (Å²) in [5.41, 5.74) is 3.95. The van der Waals surface area contributed by atoms with Crippen LogP contribution in [0, 0.1) is 0 Å². The first-order chi connectivity index (χ1) is 25.5. The quantitative estimate of drug-likeness (QED) is 0.124. The van der Waals surface area contributed by atoms with Crippen LogP contribution in [0.15, 0.2) is 127 Å². The monoisotopic (exact) mass is 722 g/mol. The molecule has 2 N–H and O–H groups in total. The average Bonchev–Trinajstić information content (AvgIpc) is 3.20. The van der Waals surface area contributed by atoms with E-state index in [1.807, 2.05) is 127 Å². The molecule has 0 saturated carbocycles. The maximum Gasteiger partial charge on any atom is 0.161 e. The molecule has 0 aliphatic carbocycles. The third-order valence-electron chi connectivity index (χ3n) is 9.58. The smallest absolute Gasteiger partial charge is 0.161 e. The molecule has 4 unspecified atom stereocenters. The van der Waals surface area contributed by atoms with Crippen LogP contribution in [-0.2, 0) is 45.2 Å². The molecule has 52 heavy (non-hydrogen) atoms. The number of benzene rings is 5. The van der Waals surface area contributed by atoms with Gasteiger partial charge in [-0.2, -0.15) is 0 Å². The first-order valence-corrected chi connectivity index (χ1v) is 18.0. The van der Waals surface area contributed by atoms with E-state index in [1.54, 1.807) is 0 Å². The van der Waals surface area contributed by atoms with Gasteiger partial charge in [-0.25, -0.2) is 0 Å². The van der Waals surface area contributed by atoms with Crippen molar-refractivity contribution in [1.82, 2.24) is 0 Å². The van der Waals surface area contributed by atoms with E-state index in [9.17, 15) is 10.2 Å². The van der Waals surface area contributed by atoms with Crippen LogP contribution >= 0.6 is 11.6 Å². The predicted molar refractivity (Wildman–Crippen MR) is 197 cm³/mol. The van der Waals surface area contributed by atoms with Gasteiger partial charge in [0.15, 0.2) is 11.5 Å². The van der Waals surface area contributed by atoms with Crippen molar-refractivity contribution in [3.63, 3.8) is 0 Å². The highest BCUT2D eigenvalue weighted by molar-refractivity contribution is 6.31. The molecule has 9 heteroatoms. The van der Waals surface area contributed by atoms with Crippen molar-refractivity contribution in [1.29, 1.82) is 0 Å². The van der Waals surface area contributed by atoms with Gasteiger partial charge in [-0.05, 0) is 58.0 Å². The molecule has 0 aromatic heterocycles.